The van der Waals surface area contributed by atoms with Crippen LogP contribution in [0.25, 0.3) is 22.2 Å². The van der Waals surface area contributed by atoms with Gasteiger partial charge in [-0.25, -0.2) is 9.48 Å². The van der Waals surface area contributed by atoms with Gasteiger partial charge in [-0.15, -0.1) is 15.3 Å². The minimum absolute atomic E-state index is 0.0809. The molecule has 0 bridgehead atoms. The Morgan fingerprint density at radius 2 is 1.76 bits per heavy atom. The fraction of sp³-hybridized carbons (Fsp3) is 0.438. The second-order valence-corrected chi connectivity index (χ2v) is 12.9. The first kappa shape index (κ1) is 29.0. The van der Waals surface area contributed by atoms with Crippen molar-refractivity contribution in [1.82, 2.24) is 30.1 Å². The van der Waals surface area contributed by atoms with Crippen LogP contribution in [0.1, 0.15) is 26.3 Å². The number of methoxy groups -OCH3 is 1. The Bertz CT molecular complexity index is 1760. The number of β-amino-alcohol motifs (C(OH)–C–C–N with tert-alkyl or cyclic N) is 1. The van der Waals surface area contributed by atoms with Gasteiger partial charge in [0.05, 0.1) is 30.6 Å². The van der Waals surface area contributed by atoms with Crippen LogP contribution in [-0.2, 0) is 14.3 Å². The number of phenols is 1. The molecule has 1 amide bonds. The number of fused-ring (bicyclic) bond motifs is 1. The quantitative estimate of drug-likeness (QED) is 0.296. The molecule has 2 aromatic heterocycles. The molecule has 0 saturated carbocycles. The topological polar surface area (TPSA) is 150 Å². The zero-order valence-electron chi connectivity index (χ0n) is 25.4. The Morgan fingerprint density at radius 3 is 2.49 bits per heavy atom. The third-order valence-electron chi connectivity index (χ3n) is 9.25. The van der Waals surface area contributed by atoms with Crippen molar-refractivity contribution in [3.05, 3.63) is 54.7 Å². The molecule has 3 aliphatic heterocycles. The summed E-state index contributed by atoms with van der Waals surface area (Å²) in [6, 6.07) is 13.8. The summed E-state index contributed by atoms with van der Waals surface area (Å²) in [6.07, 6.45) is 1.19. The van der Waals surface area contributed by atoms with Gasteiger partial charge in [-0.2, -0.15) is 0 Å². The maximum atomic E-state index is 13.6. The van der Waals surface area contributed by atoms with Crippen LogP contribution in [0, 0.1) is 11.3 Å². The van der Waals surface area contributed by atoms with E-state index in [1.54, 1.807) is 23.0 Å². The molecule has 2 N–H and O–H groups in total. The highest BCUT2D eigenvalue weighted by Crippen LogP contribution is 2.44. The van der Waals surface area contributed by atoms with Crippen molar-refractivity contribution in [1.29, 1.82) is 0 Å². The number of rotatable bonds is 7. The molecule has 1 spiro atoms. The first-order valence-electron chi connectivity index (χ1n) is 15.2. The second-order valence-electron chi connectivity index (χ2n) is 12.9. The molecule has 3 atom stereocenters. The summed E-state index contributed by atoms with van der Waals surface area (Å²) in [6.45, 7) is 7.42. The van der Waals surface area contributed by atoms with Gasteiger partial charge in [-0.3, -0.25) is 4.79 Å². The average Bonchev–Trinajstić information content (AvgIpc) is 3.62. The SMILES string of the molecule is COC(=O)[C@@H]1C[C@@H](O)CN1C(=O)C(C(C)C)n1cc(N2CC3(CN(c4ccc5cc(-c6ccccc6O)nnc5c4)C3)C2)nn1. The Morgan fingerprint density at radius 1 is 1.00 bits per heavy atom. The maximum absolute atomic E-state index is 13.6. The number of hydrogen-bond acceptors (Lipinski definition) is 11. The van der Waals surface area contributed by atoms with Gasteiger partial charge in [0.1, 0.15) is 17.8 Å². The summed E-state index contributed by atoms with van der Waals surface area (Å²) in [5, 5.41) is 38.8. The number of hydrogen-bond donors (Lipinski definition) is 2. The molecule has 0 aliphatic carbocycles. The van der Waals surface area contributed by atoms with Crippen LogP contribution in [0.15, 0.2) is 54.7 Å². The van der Waals surface area contributed by atoms with E-state index < -0.39 is 24.2 Å². The monoisotopic (exact) mass is 612 g/mol. The highest BCUT2D eigenvalue weighted by atomic mass is 16.5. The molecular formula is C32H36N8O5. The average molecular weight is 613 g/mol. The van der Waals surface area contributed by atoms with Gasteiger partial charge in [-0.05, 0) is 36.2 Å². The molecule has 45 heavy (non-hydrogen) atoms. The lowest BCUT2D eigenvalue weighted by Gasteiger charge is -2.61. The number of aliphatic hydroxyl groups excluding tert-OH is 1. The van der Waals surface area contributed by atoms with E-state index >= 15 is 0 Å². The molecular weight excluding hydrogens is 576 g/mol. The lowest BCUT2D eigenvalue weighted by Crippen LogP contribution is -2.72. The number of likely N-dealkylation sites (tertiary alicyclic amines) is 1. The fourth-order valence-corrected chi connectivity index (χ4v) is 6.95. The number of carbonyl (C=O) groups is 2. The molecule has 7 rings (SSSR count). The van der Waals surface area contributed by atoms with Gasteiger partial charge in [-0.1, -0.05) is 37.3 Å². The highest BCUT2D eigenvalue weighted by Gasteiger charge is 2.52. The first-order valence-corrected chi connectivity index (χ1v) is 15.2. The number of carbonyl (C=O) groups excluding carboxylic acids is 2. The van der Waals surface area contributed by atoms with E-state index in [1.165, 1.54) is 12.0 Å². The van der Waals surface area contributed by atoms with Crippen LogP contribution >= 0.6 is 0 Å². The van der Waals surface area contributed by atoms with E-state index in [0.29, 0.717) is 17.1 Å². The number of aromatic hydroxyl groups is 1. The second kappa shape index (κ2) is 11.0. The minimum Gasteiger partial charge on any atom is -0.507 e. The number of esters is 1. The lowest BCUT2D eigenvalue weighted by molar-refractivity contribution is -0.152. The summed E-state index contributed by atoms with van der Waals surface area (Å²) in [7, 11) is 1.28. The fourth-order valence-electron chi connectivity index (χ4n) is 6.95. The number of anilines is 2. The van der Waals surface area contributed by atoms with Crippen molar-refractivity contribution in [2.24, 2.45) is 11.3 Å². The summed E-state index contributed by atoms with van der Waals surface area (Å²) in [4.78, 5) is 31.8. The van der Waals surface area contributed by atoms with E-state index in [2.05, 4.69) is 42.4 Å². The Kier molecular flexibility index (Phi) is 7.07. The number of phenolic OH excluding ortho intramolecular Hbond substituents is 1. The van der Waals surface area contributed by atoms with Gasteiger partial charge in [0.25, 0.3) is 0 Å². The zero-order chi connectivity index (χ0) is 31.5. The highest BCUT2D eigenvalue weighted by molar-refractivity contribution is 5.88. The van der Waals surface area contributed by atoms with Crippen molar-refractivity contribution in [2.45, 2.75) is 38.5 Å². The maximum Gasteiger partial charge on any atom is 0.328 e. The number of amides is 1. The third-order valence-corrected chi connectivity index (χ3v) is 9.25. The molecule has 2 aromatic carbocycles. The molecule has 3 aliphatic rings. The van der Waals surface area contributed by atoms with Crippen molar-refractivity contribution >= 4 is 34.3 Å². The number of aliphatic hydroxyl groups is 1. The van der Waals surface area contributed by atoms with E-state index in [0.717, 1.165) is 42.8 Å². The Labute approximate surface area is 260 Å². The molecule has 1 unspecified atom stereocenters. The Balaban J connectivity index is 0.989. The zero-order valence-corrected chi connectivity index (χ0v) is 25.4. The summed E-state index contributed by atoms with van der Waals surface area (Å²) < 4.78 is 6.46. The molecule has 13 nitrogen and oxygen atoms in total. The summed E-state index contributed by atoms with van der Waals surface area (Å²) in [5.41, 5.74) is 3.34. The Hall–Kier alpha value is -4.78. The molecule has 234 valence electrons. The third kappa shape index (κ3) is 5.10. The van der Waals surface area contributed by atoms with Crippen LogP contribution in [0.5, 0.6) is 5.75 Å². The summed E-state index contributed by atoms with van der Waals surface area (Å²) in [5.74, 6) is -0.0373. The van der Waals surface area contributed by atoms with Gasteiger partial charge in [0.15, 0.2) is 5.82 Å². The molecule has 4 aromatic rings. The standard InChI is InChI=1S/C32H36N8O5/c1-19(2)29(30(43)39-13-22(41)12-26(39)31(44)45-3)40-14-28(35-36-40)38-17-32(18-38)15-37(16-32)21-9-8-20-10-25(34-33-24(20)11-21)23-6-4-5-7-27(23)42/h4-11,14,19,22,26,29,41-42H,12-13,15-18H2,1-3H3/t22-,26+,29?/m1/s1. The first-order chi connectivity index (χ1) is 21.6. The number of para-hydroxylation sites is 1. The van der Waals surface area contributed by atoms with Crippen molar-refractivity contribution in [3.8, 4) is 17.0 Å². The van der Waals surface area contributed by atoms with Crippen molar-refractivity contribution < 1.29 is 24.5 Å². The molecule has 5 heterocycles. The number of aromatic nitrogens is 5. The molecule has 13 heteroatoms. The number of nitrogens with zero attached hydrogens (tertiary/aromatic N) is 8. The van der Waals surface area contributed by atoms with E-state index in [9.17, 15) is 19.8 Å². The molecule has 0 radical (unpaired) electrons. The van der Waals surface area contributed by atoms with E-state index in [-0.39, 0.29) is 36.0 Å². The van der Waals surface area contributed by atoms with Crippen LogP contribution in [0.4, 0.5) is 11.5 Å². The normalized spacial score (nSPS) is 21.2. The van der Waals surface area contributed by atoms with Gasteiger partial charge < -0.3 is 29.6 Å². The smallest absolute Gasteiger partial charge is 0.328 e. The minimum atomic E-state index is -0.811. The van der Waals surface area contributed by atoms with Crippen molar-refractivity contribution in [3.63, 3.8) is 0 Å². The van der Waals surface area contributed by atoms with E-state index in [1.807, 2.05) is 38.1 Å². The van der Waals surface area contributed by atoms with Crippen LogP contribution in [0.2, 0.25) is 0 Å². The lowest BCUT2D eigenvalue weighted by atomic mass is 9.72. The van der Waals surface area contributed by atoms with E-state index in [4.69, 9.17) is 4.74 Å². The van der Waals surface area contributed by atoms with Crippen LogP contribution in [-0.4, -0.2) is 104 Å². The largest absolute Gasteiger partial charge is 0.507 e. The van der Waals surface area contributed by atoms with Crippen molar-refractivity contribution in [2.75, 3.05) is 49.6 Å². The predicted molar refractivity (Wildman–Crippen MR) is 166 cm³/mol. The predicted octanol–water partition coefficient (Wildman–Crippen LogP) is 2.25. The van der Waals surface area contributed by atoms with Crippen LogP contribution < -0.4 is 9.80 Å². The molecule has 3 saturated heterocycles. The van der Waals surface area contributed by atoms with Gasteiger partial charge >= 0.3 is 5.97 Å². The molecule has 3 fully saturated rings. The number of benzene rings is 2. The van der Waals surface area contributed by atoms with Crippen LogP contribution in [0.3, 0.4) is 0 Å². The van der Waals surface area contributed by atoms with Gasteiger partial charge in [0.2, 0.25) is 5.91 Å². The summed E-state index contributed by atoms with van der Waals surface area (Å²) >= 11 is 0. The number of ether oxygens (including phenoxy) is 1. The van der Waals surface area contributed by atoms with Gasteiger partial charge in [0, 0.05) is 61.2 Å².